The van der Waals surface area contributed by atoms with Gasteiger partial charge < -0.3 is 14.5 Å². The average molecular weight is 420 g/mol. The summed E-state index contributed by atoms with van der Waals surface area (Å²) in [5, 5.41) is 0.629. The molecule has 2 aromatic heterocycles. The largest absolute Gasteiger partial charge is 0.454 e. The first-order chi connectivity index (χ1) is 13.9. The highest BCUT2D eigenvalue weighted by molar-refractivity contribution is 7.18. The first-order valence-corrected chi connectivity index (χ1v) is 9.98. The monoisotopic (exact) mass is 420 g/mol. The second-order valence-corrected chi connectivity index (χ2v) is 8.11. The van der Waals surface area contributed by atoms with Crippen molar-refractivity contribution in [2.75, 3.05) is 0 Å². The van der Waals surface area contributed by atoms with Crippen LogP contribution in [0, 0.1) is 5.92 Å². The van der Waals surface area contributed by atoms with E-state index in [4.69, 9.17) is 4.74 Å². The Morgan fingerprint density at radius 3 is 3.03 bits per heavy atom. The molecule has 0 saturated heterocycles. The van der Waals surface area contributed by atoms with Crippen LogP contribution in [0.2, 0.25) is 0 Å². The molecule has 0 saturated carbocycles. The summed E-state index contributed by atoms with van der Waals surface area (Å²) in [6.07, 6.45) is 2.86. The molecule has 0 radical (unpaired) electrons. The second-order valence-electron chi connectivity index (χ2n) is 7.03. The van der Waals surface area contributed by atoms with Crippen LogP contribution >= 0.6 is 11.3 Å². The molecule has 1 aliphatic carbocycles. The zero-order chi connectivity index (χ0) is 20.5. The first kappa shape index (κ1) is 19.5. The predicted molar refractivity (Wildman–Crippen MR) is 104 cm³/mol. The molecule has 1 N–H and O–H groups in total. The minimum atomic E-state index is -2.98. The number of ether oxygens (including phenoxy) is 2. The summed E-state index contributed by atoms with van der Waals surface area (Å²) < 4.78 is 34.1. The lowest BCUT2D eigenvalue weighted by Crippen LogP contribution is -2.16. The molecule has 1 aromatic carbocycles. The van der Waals surface area contributed by atoms with E-state index in [0.29, 0.717) is 16.1 Å². The average Bonchev–Trinajstić information content (AvgIpc) is 3.03. The van der Waals surface area contributed by atoms with Gasteiger partial charge in [0.1, 0.15) is 23.0 Å². The number of hydrogen-bond donors (Lipinski definition) is 1. The summed E-state index contributed by atoms with van der Waals surface area (Å²) in [4.78, 5) is 33.7. The van der Waals surface area contributed by atoms with Gasteiger partial charge in [-0.2, -0.15) is 8.78 Å². The number of thiophene rings is 1. The van der Waals surface area contributed by atoms with E-state index in [1.54, 1.807) is 0 Å². The molecule has 0 unspecified atom stereocenters. The Morgan fingerprint density at radius 2 is 2.24 bits per heavy atom. The number of aromatic amines is 1. The van der Waals surface area contributed by atoms with Crippen molar-refractivity contribution < 1.29 is 23.0 Å². The minimum Gasteiger partial charge on any atom is -0.454 e. The number of hydrogen-bond acceptors (Lipinski definition) is 6. The Labute approximate surface area is 168 Å². The predicted octanol–water partition coefficient (Wildman–Crippen LogP) is 4.07. The summed E-state index contributed by atoms with van der Waals surface area (Å²) in [5.41, 5.74) is 0.906. The smallest absolute Gasteiger partial charge is 0.387 e. The van der Waals surface area contributed by atoms with Gasteiger partial charge in [0.25, 0.3) is 5.56 Å². The molecular weight excluding hydrogens is 402 g/mol. The molecule has 3 aromatic rings. The summed E-state index contributed by atoms with van der Waals surface area (Å²) in [7, 11) is 0. The first-order valence-electron chi connectivity index (χ1n) is 9.16. The van der Waals surface area contributed by atoms with Crippen LogP contribution in [-0.2, 0) is 24.2 Å². The van der Waals surface area contributed by atoms with Gasteiger partial charge in [-0.05, 0) is 48.9 Å². The van der Waals surface area contributed by atoms with Crippen LogP contribution in [0.5, 0.6) is 5.75 Å². The Morgan fingerprint density at radius 1 is 1.41 bits per heavy atom. The van der Waals surface area contributed by atoms with Gasteiger partial charge >= 0.3 is 12.6 Å². The molecule has 0 aliphatic heterocycles. The van der Waals surface area contributed by atoms with Crippen LogP contribution in [0.15, 0.2) is 29.1 Å². The lowest BCUT2D eigenvalue weighted by atomic mass is 9.89. The molecule has 1 atom stereocenters. The third-order valence-corrected chi connectivity index (χ3v) is 6.00. The molecule has 0 spiro atoms. The van der Waals surface area contributed by atoms with Gasteiger partial charge in [0.15, 0.2) is 0 Å². The Hall–Kier alpha value is -2.81. The third kappa shape index (κ3) is 4.14. The van der Waals surface area contributed by atoms with Gasteiger partial charge in [0.05, 0.1) is 10.9 Å². The summed E-state index contributed by atoms with van der Waals surface area (Å²) in [6.45, 7) is -1.03. The molecular formula is C20H18F2N2O4S. The number of aromatic nitrogens is 2. The number of carbonyl (C=O) groups is 1. The fraction of sp³-hybridized carbons (Fsp3) is 0.350. The van der Waals surface area contributed by atoms with E-state index in [0.717, 1.165) is 24.8 Å². The number of aryl methyl sites for hydroxylation is 1. The SMILES string of the molecule is C[C@H]1CCc2c(sc3nc(COC(=O)c4cccc(OC(F)F)c4)[nH]c(=O)c23)C1. The van der Waals surface area contributed by atoms with E-state index in [-0.39, 0.29) is 29.3 Å². The topological polar surface area (TPSA) is 81.3 Å². The number of H-pyrrole nitrogens is 1. The number of fused-ring (bicyclic) bond motifs is 3. The highest BCUT2D eigenvalue weighted by Gasteiger charge is 2.23. The maximum atomic E-state index is 12.6. The normalized spacial score (nSPS) is 16.1. The quantitative estimate of drug-likeness (QED) is 0.630. The van der Waals surface area contributed by atoms with Gasteiger partial charge in [0, 0.05) is 4.88 Å². The molecule has 0 amide bonds. The van der Waals surface area contributed by atoms with Gasteiger partial charge in [-0.15, -0.1) is 11.3 Å². The molecule has 152 valence electrons. The Kier molecular flexibility index (Phi) is 5.31. The minimum absolute atomic E-state index is 0.0622. The second kappa shape index (κ2) is 7.90. The van der Waals surface area contributed by atoms with Crippen molar-refractivity contribution in [3.05, 3.63) is 56.4 Å². The van der Waals surface area contributed by atoms with Gasteiger partial charge in [-0.1, -0.05) is 13.0 Å². The highest BCUT2D eigenvalue weighted by Crippen LogP contribution is 2.35. The molecule has 0 fully saturated rings. The molecule has 29 heavy (non-hydrogen) atoms. The van der Waals surface area contributed by atoms with Crippen molar-refractivity contribution >= 4 is 27.5 Å². The third-order valence-electron chi connectivity index (χ3n) is 4.85. The maximum Gasteiger partial charge on any atom is 0.387 e. The molecule has 1 aliphatic rings. The van der Waals surface area contributed by atoms with Crippen molar-refractivity contribution in [3.63, 3.8) is 0 Å². The number of benzene rings is 1. The number of carbonyl (C=O) groups excluding carboxylic acids is 1. The van der Waals surface area contributed by atoms with Gasteiger partial charge in [-0.25, -0.2) is 9.78 Å². The van der Waals surface area contributed by atoms with Crippen molar-refractivity contribution in [1.82, 2.24) is 9.97 Å². The Bertz CT molecular complexity index is 1130. The van der Waals surface area contributed by atoms with E-state index in [1.165, 1.54) is 40.5 Å². The fourth-order valence-corrected chi connectivity index (χ4v) is 4.88. The fourth-order valence-electron chi connectivity index (χ4n) is 3.48. The number of nitrogens with one attached hydrogen (secondary N) is 1. The van der Waals surface area contributed by atoms with Gasteiger partial charge in [0.2, 0.25) is 0 Å². The highest BCUT2D eigenvalue weighted by atomic mass is 32.1. The molecule has 2 heterocycles. The number of halogens is 2. The van der Waals surface area contributed by atoms with Crippen molar-refractivity contribution in [2.45, 2.75) is 39.4 Å². The van der Waals surface area contributed by atoms with E-state index in [2.05, 4.69) is 21.6 Å². The van der Waals surface area contributed by atoms with E-state index >= 15 is 0 Å². The number of alkyl halides is 2. The van der Waals surface area contributed by atoms with E-state index in [1.807, 2.05) is 0 Å². The summed E-state index contributed by atoms with van der Waals surface area (Å²) in [5.74, 6) is -0.0464. The number of nitrogens with zero attached hydrogens (tertiary/aromatic N) is 1. The van der Waals surface area contributed by atoms with Crippen LogP contribution in [0.3, 0.4) is 0 Å². The zero-order valence-corrected chi connectivity index (χ0v) is 16.4. The van der Waals surface area contributed by atoms with Crippen molar-refractivity contribution in [1.29, 1.82) is 0 Å². The van der Waals surface area contributed by atoms with Crippen LogP contribution in [-0.4, -0.2) is 22.5 Å². The van der Waals surface area contributed by atoms with Crippen LogP contribution < -0.4 is 10.3 Å². The lowest BCUT2D eigenvalue weighted by Gasteiger charge is -2.17. The van der Waals surface area contributed by atoms with Crippen LogP contribution in [0.25, 0.3) is 10.2 Å². The van der Waals surface area contributed by atoms with Crippen molar-refractivity contribution in [2.24, 2.45) is 5.92 Å². The van der Waals surface area contributed by atoms with Crippen LogP contribution in [0.1, 0.15) is 40.0 Å². The van der Waals surface area contributed by atoms with E-state index in [9.17, 15) is 18.4 Å². The zero-order valence-electron chi connectivity index (χ0n) is 15.5. The molecule has 9 heteroatoms. The summed E-state index contributed by atoms with van der Waals surface area (Å²) >= 11 is 1.51. The van der Waals surface area contributed by atoms with E-state index < -0.39 is 12.6 Å². The van der Waals surface area contributed by atoms with Crippen molar-refractivity contribution in [3.8, 4) is 5.75 Å². The molecule has 6 nitrogen and oxygen atoms in total. The Balaban J connectivity index is 1.51. The standard InChI is InChI=1S/C20H18F2N2O4S/c1-10-5-6-13-14(7-10)29-18-16(13)17(25)23-15(24-18)9-27-19(26)11-3-2-4-12(8-11)28-20(21)22/h2-4,8,10,20H,5-7,9H2,1H3,(H,23,24,25)/t10-/m0/s1. The molecule has 4 rings (SSSR count). The van der Waals surface area contributed by atoms with Crippen LogP contribution in [0.4, 0.5) is 8.78 Å². The number of rotatable bonds is 5. The molecule has 0 bridgehead atoms. The summed E-state index contributed by atoms with van der Waals surface area (Å²) in [6, 6.07) is 5.32. The number of esters is 1. The maximum absolute atomic E-state index is 12.6. The van der Waals surface area contributed by atoms with Gasteiger partial charge in [-0.3, -0.25) is 4.79 Å². The lowest BCUT2D eigenvalue weighted by molar-refractivity contribution is -0.0499.